The smallest absolute Gasteiger partial charge is 0.130 e. The highest BCUT2D eigenvalue weighted by Gasteiger charge is 2.36. The number of rotatable bonds is 3. The lowest BCUT2D eigenvalue weighted by atomic mass is 9.77. The summed E-state index contributed by atoms with van der Waals surface area (Å²) in [5.41, 5.74) is -0.124. The first-order valence-electron chi connectivity index (χ1n) is 4.93. The van der Waals surface area contributed by atoms with Gasteiger partial charge in [-0.3, -0.25) is 0 Å². The minimum absolute atomic E-state index is 0.124. The summed E-state index contributed by atoms with van der Waals surface area (Å²) in [7, 11) is 0. The fourth-order valence-corrected chi connectivity index (χ4v) is 1.72. The van der Waals surface area contributed by atoms with Crippen molar-refractivity contribution in [3.63, 3.8) is 0 Å². The SMILES string of the molecule is Cc1nccc(NC2(CO)CCC2)n1. The monoisotopic (exact) mass is 193 g/mol. The van der Waals surface area contributed by atoms with Crippen molar-refractivity contribution < 1.29 is 5.11 Å². The molecule has 1 aliphatic rings. The van der Waals surface area contributed by atoms with Crippen LogP contribution >= 0.6 is 0 Å². The predicted octanol–water partition coefficient (Wildman–Crippen LogP) is 1.11. The standard InChI is InChI=1S/C10H15N3O/c1-8-11-6-3-9(12-8)13-10(7-14)4-2-5-10/h3,6,14H,2,4-5,7H2,1H3,(H,11,12,13). The number of nitrogens with zero attached hydrogens (tertiary/aromatic N) is 2. The Morgan fingerprint density at radius 3 is 2.86 bits per heavy atom. The molecule has 2 rings (SSSR count). The van der Waals surface area contributed by atoms with Crippen LogP contribution in [0.2, 0.25) is 0 Å². The zero-order valence-electron chi connectivity index (χ0n) is 8.32. The lowest BCUT2D eigenvalue weighted by Gasteiger charge is -2.41. The molecule has 1 aromatic rings. The summed E-state index contributed by atoms with van der Waals surface area (Å²) in [4.78, 5) is 8.28. The number of hydrogen-bond donors (Lipinski definition) is 2. The van der Waals surface area contributed by atoms with E-state index in [1.165, 1.54) is 6.42 Å². The molecule has 0 spiro atoms. The molecule has 0 amide bonds. The summed E-state index contributed by atoms with van der Waals surface area (Å²) in [5, 5.41) is 12.5. The van der Waals surface area contributed by atoms with Gasteiger partial charge in [-0.1, -0.05) is 0 Å². The Morgan fingerprint density at radius 2 is 2.36 bits per heavy atom. The van der Waals surface area contributed by atoms with Crippen LogP contribution in [0.5, 0.6) is 0 Å². The maximum atomic E-state index is 9.26. The third kappa shape index (κ3) is 1.70. The normalized spacial score (nSPS) is 18.7. The first kappa shape index (κ1) is 9.40. The Hall–Kier alpha value is -1.16. The van der Waals surface area contributed by atoms with E-state index in [0.717, 1.165) is 24.5 Å². The first-order chi connectivity index (χ1) is 6.74. The minimum atomic E-state index is -0.124. The third-order valence-electron chi connectivity index (χ3n) is 2.78. The maximum Gasteiger partial charge on any atom is 0.130 e. The van der Waals surface area contributed by atoms with Crippen LogP contribution in [0.3, 0.4) is 0 Å². The summed E-state index contributed by atoms with van der Waals surface area (Å²) in [5.74, 6) is 1.56. The quantitative estimate of drug-likeness (QED) is 0.755. The Kier molecular flexibility index (Phi) is 2.37. The van der Waals surface area contributed by atoms with Crippen LogP contribution in [0.1, 0.15) is 25.1 Å². The number of aryl methyl sites for hydroxylation is 1. The second-order valence-electron chi connectivity index (χ2n) is 3.91. The molecule has 1 heterocycles. The molecule has 76 valence electrons. The largest absolute Gasteiger partial charge is 0.394 e. The lowest BCUT2D eigenvalue weighted by molar-refractivity contribution is 0.144. The van der Waals surface area contributed by atoms with Gasteiger partial charge in [0.15, 0.2) is 0 Å². The van der Waals surface area contributed by atoms with E-state index in [0.29, 0.717) is 0 Å². The van der Waals surface area contributed by atoms with Gasteiger partial charge in [0.1, 0.15) is 11.6 Å². The van der Waals surface area contributed by atoms with Crippen LogP contribution in [-0.4, -0.2) is 27.2 Å². The molecule has 1 aromatic heterocycles. The molecule has 0 bridgehead atoms. The van der Waals surface area contributed by atoms with Crippen molar-refractivity contribution in [3.05, 3.63) is 18.1 Å². The fourth-order valence-electron chi connectivity index (χ4n) is 1.72. The second-order valence-corrected chi connectivity index (χ2v) is 3.91. The lowest BCUT2D eigenvalue weighted by Crippen LogP contribution is -2.48. The van der Waals surface area contributed by atoms with E-state index in [2.05, 4.69) is 15.3 Å². The molecule has 0 aromatic carbocycles. The van der Waals surface area contributed by atoms with Crippen molar-refractivity contribution in [2.24, 2.45) is 0 Å². The van der Waals surface area contributed by atoms with Gasteiger partial charge in [0, 0.05) is 6.20 Å². The summed E-state index contributed by atoms with van der Waals surface area (Å²) in [6.45, 7) is 2.04. The number of anilines is 1. The van der Waals surface area contributed by atoms with Gasteiger partial charge in [0.25, 0.3) is 0 Å². The van der Waals surface area contributed by atoms with Crippen LogP contribution in [0, 0.1) is 6.92 Å². The molecule has 4 nitrogen and oxygen atoms in total. The number of aliphatic hydroxyl groups is 1. The number of aliphatic hydroxyl groups excluding tert-OH is 1. The van der Waals surface area contributed by atoms with E-state index in [-0.39, 0.29) is 12.1 Å². The average molecular weight is 193 g/mol. The maximum absolute atomic E-state index is 9.26. The Balaban J connectivity index is 2.09. The average Bonchev–Trinajstić information content (AvgIpc) is 2.11. The molecular formula is C10H15N3O. The first-order valence-corrected chi connectivity index (χ1v) is 4.93. The van der Waals surface area contributed by atoms with E-state index >= 15 is 0 Å². The van der Waals surface area contributed by atoms with Crippen molar-refractivity contribution in [2.45, 2.75) is 31.7 Å². The molecule has 0 saturated heterocycles. The van der Waals surface area contributed by atoms with E-state index in [4.69, 9.17) is 0 Å². The molecule has 1 aliphatic carbocycles. The van der Waals surface area contributed by atoms with Crippen molar-refractivity contribution in [1.82, 2.24) is 9.97 Å². The topological polar surface area (TPSA) is 58.0 Å². The second kappa shape index (κ2) is 3.53. The predicted molar refractivity (Wildman–Crippen MR) is 54.1 cm³/mol. The zero-order chi connectivity index (χ0) is 10.0. The van der Waals surface area contributed by atoms with E-state index in [1.54, 1.807) is 6.20 Å². The van der Waals surface area contributed by atoms with Gasteiger partial charge >= 0.3 is 0 Å². The number of nitrogens with one attached hydrogen (secondary N) is 1. The molecule has 0 radical (unpaired) electrons. The van der Waals surface area contributed by atoms with Crippen molar-refractivity contribution in [3.8, 4) is 0 Å². The van der Waals surface area contributed by atoms with E-state index in [9.17, 15) is 5.11 Å². The Morgan fingerprint density at radius 1 is 1.57 bits per heavy atom. The number of hydrogen-bond acceptors (Lipinski definition) is 4. The molecule has 0 atom stereocenters. The fraction of sp³-hybridized carbons (Fsp3) is 0.600. The molecule has 0 unspecified atom stereocenters. The van der Waals surface area contributed by atoms with E-state index in [1.807, 2.05) is 13.0 Å². The Labute approximate surface area is 83.4 Å². The van der Waals surface area contributed by atoms with Gasteiger partial charge in [-0.05, 0) is 32.3 Å². The highest BCUT2D eigenvalue weighted by Crippen LogP contribution is 2.34. The zero-order valence-corrected chi connectivity index (χ0v) is 8.32. The van der Waals surface area contributed by atoms with Gasteiger partial charge in [0.05, 0.1) is 12.1 Å². The summed E-state index contributed by atoms with van der Waals surface area (Å²) in [6.07, 6.45) is 4.95. The minimum Gasteiger partial charge on any atom is -0.394 e. The molecule has 4 heteroatoms. The van der Waals surface area contributed by atoms with Crippen molar-refractivity contribution >= 4 is 5.82 Å². The van der Waals surface area contributed by atoms with Gasteiger partial charge in [0.2, 0.25) is 0 Å². The summed E-state index contributed by atoms with van der Waals surface area (Å²) >= 11 is 0. The van der Waals surface area contributed by atoms with Gasteiger partial charge < -0.3 is 10.4 Å². The van der Waals surface area contributed by atoms with Crippen LogP contribution in [0.25, 0.3) is 0 Å². The number of aromatic nitrogens is 2. The molecule has 0 aliphatic heterocycles. The van der Waals surface area contributed by atoms with Gasteiger partial charge in [-0.15, -0.1) is 0 Å². The highest BCUT2D eigenvalue weighted by molar-refractivity contribution is 5.37. The van der Waals surface area contributed by atoms with Crippen LogP contribution in [0.15, 0.2) is 12.3 Å². The molecular weight excluding hydrogens is 178 g/mol. The molecule has 2 N–H and O–H groups in total. The van der Waals surface area contributed by atoms with Crippen LogP contribution in [0.4, 0.5) is 5.82 Å². The third-order valence-corrected chi connectivity index (χ3v) is 2.78. The van der Waals surface area contributed by atoms with Crippen LogP contribution < -0.4 is 5.32 Å². The Bertz CT molecular complexity index is 317. The van der Waals surface area contributed by atoms with Crippen molar-refractivity contribution in [2.75, 3.05) is 11.9 Å². The molecule has 1 fully saturated rings. The van der Waals surface area contributed by atoms with Gasteiger partial charge in [-0.25, -0.2) is 9.97 Å². The van der Waals surface area contributed by atoms with Crippen molar-refractivity contribution in [1.29, 1.82) is 0 Å². The molecule has 14 heavy (non-hydrogen) atoms. The summed E-state index contributed by atoms with van der Waals surface area (Å²) < 4.78 is 0. The van der Waals surface area contributed by atoms with E-state index < -0.39 is 0 Å². The van der Waals surface area contributed by atoms with Crippen LogP contribution in [-0.2, 0) is 0 Å². The molecule has 1 saturated carbocycles. The summed E-state index contributed by atoms with van der Waals surface area (Å²) in [6, 6.07) is 1.84. The highest BCUT2D eigenvalue weighted by atomic mass is 16.3. The van der Waals surface area contributed by atoms with Gasteiger partial charge in [-0.2, -0.15) is 0 Å².